The van der Waals surface area contributed by atoms with E-state index in [1.807, 2.05) is 0 Å². The van der Waals surface area contributed by atoms with Crippen molar-refractivity contribution in [1.29, 1.82) is 0 Å². The Kier molecular flexibility index (Phi) is 6.09. The van der Waals surface area contributed by atoms with Gasteiger partial charge in [0.2, 0.25) is 0 Å². The van der Waals surface area contributed by atoms with E-state index in [9.17, 15) is 18.8 Å². The van der Waals surface area contributed by atoms with Gasteiger partial charge in [-0.15, -0.1) is 0 Å². The predicted molar refractivity (Wildman–Crippen MR) is 112 cm³/mol. The number of likely N-dealkylation sites (N-methyl/N-ethyl adjacent to an activating group) is 1. The summed E-state index contributed by atoms with van der Waals surface area (Å²) in [5.41, 5.74) is 0.994. The van der Waals surface area contributed by atoms with E-state index in [1.165, 1.54) is 24.3 Å². The molecule has 2 aliphatic heterocycles. The molecule has 32 heavy (non-hydrogen) atoms. The van der Waals surface area contributed by atoms with Crippen LogP contribution in [0.2, 0.25) is 0 Å². The second-order valence-corrected chi connectivity index (χ2v) is 7.94. The molecular formula is C23H23FN2O6. The van der Waals surface area contributed by atoms with Gasteiger partial charge in [-0.2, -0.15) is 0 Å². The fourth-order valence-electron chi connectivity index (χ4n) is 4.10. The molecule has 1 fully saturated rings. The van der Waals surface area contributed by atoms with Crippen molar-refractivity contribution in [3.63, 3.8) is 0 Å². The van der Waals surface area contributed by atoms with Crippen LogP contribution >= 0.6 is 0 Å². The first-order valence-corrected chi connectivity index (χ1v) is 10.3. The van der Waals surface area contributed by atoms with Gasteiger partial charge in [0.15, 0.2) is 0 Å². The second kappa shape index (κ2) is 8.96. The van der Waals surface area contributed by atoms with Crippen LogP contribution in [0.25, 0.3) is 0 Å². The molecule has 2 aromatic carbocycles. The van der Waals surface area contributed by atoms with E-state index in [0.717, 1.165) is 0 Å². The molecule has 2 aromatic rings. The van der Waals surface area contributed by atoms with Crippen molar-refractivity contribution in [2.45, 2.75) is 37.5 Å². The SMILES string of the molecule is CN1C(=O)c2cc(NC(=O)c3ccc(F)cc3)ccc2OC[C@@H]2O[C@@H](CC(=O)O)CC[C@@H]21. The number of aliphatic carboxylic acids is 1. The minimum absolute atomic E-state index is 0.0887. The summed E-state index contributed by atoms with van der Waals surface area (Å²) in [7, 11) is 1.68. The smallest absolute Gasteiger partial charge is 0.305 e. The first kappa shape index (κ1) is 21.8. The van der Waals surface area contributed by atoms with Crippen LogP contribution in [0, 0.1) is 5.82 Å². The number of benzene rings is 2. The van der Waals surface area contributed by atoms with Crippen molar-refractivity contribution in [1.82, 2.24) is 4.90 Å². The van der Waals surface area contributed by atoms with E-state index in [1.54, 1.807) is 30.1 Å². The maximum Gasteiger partial charge on any atom is 0.305 e. The molecule has 0 aromatic heterocycles. The predicted octanol–water partition coefficient (Wildman–Crippen LogP) is 2.93. The molecule has 3 atom stereocenters. The molecule has 2 amide bonds. The Hall–Kier alpha value is -3.46. The number of carboxylic acids is 1. The third-order valence-electron chi connectivity index (χ3n) is 5.78. The van der Waals surface area contributed by atoms with Crippen LogP contribution in [0.4, 0.5) is 10.1 Å². The Balaban J connectivity index is 1.53. The van der Waals surface area contributed by atoms with Crippen LogP contribution in [0.15, 0.2) is 42.5 Å². The average Bonchev–Trinajstić information content (AvgIpc) is 2.76. The number of halogens is 1. The molecule has 0 spiro atoms. The zero-order chi connectivity index (χ0) is 22.8. The Labute approximate surface area is 183 Å². The van der Waals surface area contributed by atoms with Gasteiger partial charge in [0.05, 0.1) is 24.1 Å². The molecule has 0 aliphatic carbocycles. The molecule has 0 bridgehead atoms. The molecule has 2 N–H and O–H groups in total. The summed E-state index contributed by atoms with van der Waals surface area (Å²) in [4.78, 5) is 38.2. The zero-order valence-electron chi connectivity index (χ0n) is 17.4. The van der Waals surface area contributed by atoms with Crippen LogP contribution in [-0.4, -0.2) is 59.7 Å². The molecule has 168 valence electrons. The van der Waals surface area contributed by atoms with Gasteiger partial charge in [-0.25, -0.2) is 4.39 Å². The Morgan fingerprint density at radius 1 is 1.19 bits per heavy atom. The summed E-state index contributed by atoms with van der Waals surface area (Å²) >= 11 is 0. The fourth-order valence-corrected chi connectivity index (χ4v) is 4.10. The van der Waals surface area contributed by atoms with Gasteiger partial charge in [-0.1, -0.05) is 0 Å². The molecule has 0 saturated carbocycles. The minimum Gasteiger partial charge on any atom is -0.490 e. The topological polar surface area (TPSA) is 105 Å². The van der Waals surface area contributed by atoms with E-state index in [-0.39, 0.29) is 30.5 Å². The highest BCUT2D eigenvalue weighted by molar-refractivity contribution is 6.05. The van der Waals surface area contributed by atoms with E-state index >= 15 is 0 Å². The lowest BCUT2D eigenvalue weighted by Crippen LogP contribution is -2.53. The summed E-state index contributed by atoms with van der Waals surface area (Å²) in [6, 6.07) is 9.66. The number of nitrogens with zero attached hydrogens (tertiary/aromatic N) is 1. The molecule has 4 rings (SSSR count). The molecule has 2 heterocycles. The maximum absolute atomic E-state index is 13.2. The highest BCUT2D eigenvalue weighted by atomic mass is 19.1. The van der Waals surface area contributed by atoms with E-state index < -0.39 is 29.9 Å². The van der Waals surface area contributed by atoms with Crippen LogP contribution < -0.4 is 10.1 Å². The van der Waals surface area contributed by atoms with Crippen LogP contribution in [0.3, 0.4) is 0 Å². The third-order valence-corrected chi connectivity index (χ3v) is 5.78. The summed E-state index contributed by atoms with van der Waals surface area (Å²) in [5.74, 6) is -1.72. The molecule has 9 heteroatoms. The molecular weight excluding hydrogens is 419 g/mol. The molecule has 8 nitrogen and oxygen atoms in total. The number of anilines is 1. The number of ether oxygens (including phenoxy) is 2. The summed E-state index contributed by atoms with van der Waals surface area (Å²) in [6.07, 6.45) is 0.196. The van der Waals surface area contributed by atoms with E-state index in [0.29, 0.717) is 29.8 Å². The second-order valence-electron chi connectivity index (χ2n) is 7.94. The molecule has 0 radical (unpaired) electrons. The monoisotopic (exact) mass is 442 g/mol. The van der Waals surface area contributed by atoms with Gasteiger partial charge >= 0.3 is 5.97 Å². The van der Waals surface area contributed by atoms with E-state index in [4.69, 9.17) is 14.6 Å². The van der Waals surface area contributed by atoms with Crippen molar-refractivity contribution < 1.29 is 33.4 Å². The summed E-state index contributed by atoms with van der Waals surface area (Å²) in [6.45, 7) is 0.173. The van der Waals surface area contributed by atoms with Gasteiger partial charge in [0.25, 0.3) is 11.8 Å². The summed E-state index contributed by atoms with van der Waals surface area (Å²) < 4.78 is 24.9. The normalized spacial score (nSPS) is 22.6. The average molecular weight is 442 g/mol. The van der Waals surface area contributed by atoms with Gasteiger partial charge in [0, 0.05) is 18.3 Å². The van der Waals surface area contributed by atoms with Crippen LogP contribution in [-0.2, 0) is 9.53 Å². The van der Waals surface area contributed by atoms with Crippen molar-refractivity contribution in [3.8, 4) is 5.75 Å². The van der Waals surface area contributed by atoms with Crippen molar-refractivity contribution in [2.24, 2.45) is 0 Å². The van der Waals surface area contributed by atoms with Gasteiger partial charge in [0.1, 0.15) is 24.3 Å². The van der Waals surface area contributed by atoms with Gasteiger partial charge in [-0.3, -0.25) is 14.4 Å². The molecule has 0 unspecified atom stereocenters. The number of carbonyl (C=O) groups is 3. The Bertz CT molecular complexity index is 1040. The van der Waals surface area contributed by atoms with Crippen molar-refractivity contribution in [3.05, 3.63) is 59.4 Å². The van der Waals surface area contributed by atoms with Gasteiger partial charge < -0.3 is 24.8 Å². The Morgan fingerprint density at radius 3 is 2.66 bits per heavy atom. The first-order chi connectivity index (χ1) is 15.3. The van der Waals surface area contributed by atoms with Gasteiger partial charge in [-0.05, 0) is 55.3 Å². The highest BCUT2D eigenvalue weighted by Crippen LogP contribution is 2.32. The van der Waals surface area contributed by atoms with E-state index in [2.05, 4.69) is 5.32 Å². The number of hydrogen-bond donors (Lipinski definition) is 2. The zero-order valence-corrected chi connectivity index (χ0v) is 17.4. The number of carboxylic acid groups (broad SMARTS) is 1. The lowest BCUT2D eigenvalue weighted by molar-refractivity contribution is -0.148. The highest BCUT2D eigenvalue weighted by Gasteiger charge is 2.39. The quantitative estimate of drug-likeness (QED) is 0.754. The van der Waals surface area contributed by atoms with Crippen LogP contribution in [0.1, 0.15) is 40.0 Å². The number of nitrogens with one attached hydrogen (secondary N) is 1. The largest absolute Gasteiger partial charge is 0.490 e. The summed E-state index contributed by atoms with van der Waals surface area (Å²) in [5, 5.41) is 11.7. The lowest BCUT2D eigenvalue weighted by Gasteiger charge is -2.42. The minimum atomic E-state index is -0.926. The fraction of sp³-hybridized carbons (Fsp3) is 0.348. The first-order valence-electron chi connectivity index (χ1n) is 10.3. The number of rotatable bonds is 4. The maximum atomic E-state index is 13.2. The molecule has 2 aliphatic rings. The number of fused-ring (bicyclic) bond motifs is 2. The number of hydrogen-bond acceptors (Lipinski definition) is 5. The third kappa shape index (κ3) is 4.57. The molecule has 1 saturated heterocycles. The number of carbonyl (C=O) groups excluding carboxylic acids is 2. The lowest BCUT2D eigenvalue weighted by atomic mass is 9.94. The standard InChI is InChI=1S/C23H23FN2O6/c1-26-18-8-7-16(11-21(27)28)32-20(18)12-31-19-9-6-15(10-17(19)23(26)30)25-22(29)13-2-4-14(24)5-3-13/h2-6,9-10,16,18,20H,7-8,11-12H2,1H3,(H,25,29)(H,27,28)/t16-,18+,20+/m1/s1. The Morgan fingerprint density at radius 2 is 1.94 bits per heavy atom. The van der Waals surface area contributed by atoms with Crippen molar-refractivity contribution >= 4 is 23.5 Å². The van der Waals surface area contributed by atoms with Crippen LogP contribution in [0.5, 0.6) is 5.75 Å². The van der Waals surface area contributed by atoms with Crippen molar-refractivity contribution in [2.75, 3.05) is 19.0 Å². The number of amides is 2.